The Hall–Kier alpha value is -3.41. The zero-order valence-corrected chi connectivity index (χ0v) is 15.9. The van der Waals surface area contributed by atoms with E-state index in [1.54, 1.807) is 6.07 Å². The maximum Gasteiger partial charge on any atom is 0.305 e. The second-order valence-corrected chi connectivity index (χ2v) is 7.42. The van der Waals surface area contributed by atoms with E-state index in [2.05, 4.69) is 10.3 Å². The first-order chi connectivity index (χ1) is 14.0. The predicted octanol–water partition coefficient (Wildman–Crippen LogP) is 3.35. The van der Waals surface area contributed by atoms with Crippen molar-refractivity contribution >= 4 is 22.6 Å². The lowest BCUT2D eigenvalue weighted by atomic mass is 9.94. The van der Waals surface area contributed by atoms with Crippen LogP contribution in [0.15, 0.2) is 53.3 Å². The summed E-state index contributed by atoms with van der Waals surface area (Å²) in [6.07, 6.45) is 3.41. The smallest absolute Gasteiger partial charge is 0.305 e. The number of aromatic amines is 1. The molecule has 0 saturated heterocycles. The van der Waals surface area contributed by atoms with Gasteiger partial charge < -0.3 is 15.4 Å². The van der Waals surface area contributed by atoms with Crippen LogP contribution in [0.3, 0.4) is 0 Å². The third-order valence-corrected chi connectivity index (χ3v) is 5.47. The maximum absolute atomic E-state index is 12.9. The highest BCUT2D eigenvalue weighted by Gasteiger charge is 2.23. The first-order valence-corrected chi connectivity index (χ1v) is 9.78. The monoisotopic (exact) mass is 390 g/mol. The number of aryl methyl sites for hydroxylation is 2. The van der Waals surface area contributed by atoms with Crippen molar-refractivity contribution in [1.82, 2.24) is 10.3 Å². The number of benzene rings is 2. The Balaban J connectivity index is 1.69. The van der Waals surface area contributed by atoms with Gasteiger partial charge in [0.25, 0.3) is 11.5 Å². The van der Waals surface area contributed by atoms with Gasteiger partial charge in [-0.05, 0) is 53.6 Å². The maximum atomic E-state index is 12.9. The highest BCUT2D eigenvalue weighted by molar-refractivity contribution is 5.95. The third-order valence-electron chi connectivity index (χ3n) is 5.47. The largest absolute Gasteiger partial charge is 0.481 e. The average Bonchev–Trinajstić information content (AvgIpc) is 2.72. The van der Waals surface area contributed by atoms with Crippen molar-refractivity contribution in [3.05, 3.63) is 81.3 Å². The number of carbonyl (C=O) groups is 2. The summed E-state index contributed by atoms with van der Waals surface area (Å²) in [4.78, 5) is 39.7. The third kappa shape index (κ3) is 3.92. The Morgan fingerprint density at radius 3 is 2.66 bits per heavy atom. The summed E-state index contributed by atoms with van der Waals surface area (Å²) in [5, 5.41) is 14.0. The SMILES string of the molecule is O=C(O)C[C@@H](NC(=O)c1cc2c([nH]c1=O)CCCC2)c1cccc2ccccc12. The molecule has 1 aromatic heterocycles. The number of pyridine rings is 1. The molecule has 0 unspecified atom stereocenters. The minimum atomic E-state index is -1.03. The van der Waals surface area contributed by atoms with E-state index in [1.165, 1.54) is 0 Å². The van der Waals surface area contributed by atoms with Crippen molar-refractivity contribution in [2.24, 2.45) is 0 Å². The minimum Gasteiger partial charge on any atom is -0.481 e. The Labute approximate surface area is 167 Å². The van der Waals surface area contributed by atoms with Crippen LogP contribution in [0.25, 0.3) is 10.8 Å². The van der Waals surface area contributed by atoms with Crippen LogP contribution in [0, 0.1) is 0 Å². The Bertz CT molecular complexity index is 1140. The van der Waals surface area contributed by atoms with E-state index in [4.69, 9.17) is 0 Å². The minimum absolute atomic E-state index is 0.0290. The van der Waals surface area contributed by atoms with Crippen LogP contribution in [-0.2, 0) is 17.6 Å². The molecule has 0 radical (unpaired) electrons. The number of aliphatic carboxylic acids is 1. The predicted molar refractivity (Wildman–Crippen MR) is 110 cm³/mol. The number of H-pyrrole nitrogens is 1. The molecule has 0 fully saturated rings. The summed E-state index contributed by atoms with van der Waals surface area (Å²) in [6.45, 7) is 0. The Morgan fingerprint density at radius 1 is 1.07 bits per heavy atom. The highest BCUT2D eigenvalue weighted by Crippen LogP contribution is 2.27. The van der Waals surface area contributed by atoms with Gasteiger partial charge in [-0.2, -0.15) is 0 Å². The van der Waals surface area contributed by atoms with Gasteiger partial charge >= 0.3 is 5.97 Å². The first kappa shape index (κ1) is 18.9. The normalized spacial score (nSPS) is 14.2. The molecule has 1 aliphatic carbocycles. The van der Waals surface area contributed by atoms with Crippen molar-refractivity contribution in [1.29, 1.82) is 0 Å². The number of carbonyl (C=O) groups excluding carboxylic acids is 1. The molecule has 1 atom stereocenters. The van der Waals surface area contributed by atoms with Gasteiger partial charge in [-0.25, -0.2) is 0 Å². The lowest BCUT2D eigenvalue weighted by molar-refractivity contribution is -0.137. The van der Waals surface area contributed by atoms with E-state index >= 15 is 0 Å². The molecule has 148 valence electrons. The molecule has 0 aliphatic heterocycles. The molecule has 3 N–H and O–H groups in total. The Morgan fingerprint density at radius 2 is 1.83 bits per heavy atom. The van der Waals surface area contributed by atoms with E-state index in [0.29, 0.717) is 5.56 Å². The quantitative estimate of drug-likeness (QED) is 0.622. The highest BCUT2D eigenvalue weighted by atomic mass is 16.4. The van der Waals surface area contributed by atoms with Crippen LogP contribution in [0.4, 0.5) is 0 Å². The summed E-state index contributed by atoms with van der Waals surface area (Å²) >= 11 is 0. The molecule has 2 aromatic carbocycles. The Kier molecular flexibility index (Phi) is 5.16. The lowest BCUT2D eigenvalue weighted by Crippen LogP contribution is -2.34. The molecule has 29 heavy (non-hydrogen) atoms. The number of fused-ring (bicyclic) bond motifs is 2. The van der Waals surface area contributed by atoms with Crippen molar-refractivity contribution in [3.63, 3.8) is 0 Å². The van der Waals surface area contributed by atoms with Gasteiger partial charge in [-0.15, -0.1) is 0 Å². The number of hydrogen-bond donors (Lipinski definition) is 3. The molecule has 3 aromatic rings. The van der Waals surface area contributed by atoms with Gasteiger partial charge in [-0.3, -0.25) is 14.4 Å². The van der Waals surface area contributed by atoms with E-state index in [-0.39, 0.29) is 12.0 Å². The molecule has 6 heteroatoms. The molecular weight excluding hydrogens is 368 g/mol. The second kappa shape index (κ2) is 7.91. The van der Waals surface area contributed by atoms with Crippen molar-refractivity contribution < 1.29 is 14.7 Å². The summed E-state index contributed by atoms with van der Waals surface area (Å²) in [5.74, 6) is -1.58. The fourth-order valence-electron chi connectivity index (χ4n) is 4.05. The molecule has 6 nitrogen and oxygen atoms in total. The summed E-state index contributed by atoms with van der Waals surface area (Å²) < 4.78 is 0. The first-order valence-electron chi connectivity index (χ1n) is 9.78. The lowest BCUT2D eigenvalue weighted by Gasteiger charge is -2.20. The van der Waals surface area contributed by atoms with Crippen LogP contribution >= 0.6 is 0 Å². The fourth-order valence-corrected chi connectivity index (χ4v) is 4.05. The number of carboxylic acid groups (broad SMARTS) is 1. The zero-order chi connectivity index (χ0) is 20.4. The van der Waals surface area contributed by atoms with Gasteiger partial charge in [0.1, 0.15) is 5.56 Å². The summed E-state index contributed by atoms with van der Waals surface area (Å²) in [7, 11) is 0. The number of rotatable bonds is 5. The molecule has 0 bridgehead atoms. The van der Waals surface area contributed by atoms with Crippen LogP contribution < -0.4 is 10.9 Å². The van der Waals surface area contributed by atoms with Crippen LogP contribution in [0.1, 0.15) is 52.5 Å². The van der Waals surface area contributed by atoms with Gasteiger partial charge in [0.05, 0.1) is 12.5 Å². The van der Waals surface area contributed by atoms with E-state index in [9.17, 15) is 19.5 Å². The molecule has 1 amide bonds. The molecule has 1 aliphatic rings. The van der Waals surface area contributed by atoms with Crippen molar-refractivity contribution in [2.45, 2.75) is 38.1 Å². The summed E-state index contributed by atoms with van der Waals surface area (Å²) in [6, 6.07) is 14.1. The van der Waals surface area contributed by atoms with Crippen molar-refractivity contribution in [2.75, 3.05) is 0 Å². The topological polar surface area (TPSA) is 99.3 Å². The number of amides is 1. The van der Waals surface area contributed by atoms with E-state index in [0.717, 1.165) is 47.7 Å². The average molecular weight is 390 g/mol. The second-order valence-electron chi connectivity index (χ2n) is 7.42. The molecule has 1 heterocycles. The molecule has 0 saturated carbocycles. The fraction of sp³-hybridized carbons (Fsp3) is 0.261. The van der Waals surface area contributed by atoms with Crippen LogP contribution in [0.2, 0.25) is 0 Å². The number of carboxylic acids is 1. The van der Waals surface area contributed by atoms with Crippen LogP contribution in [0.5, 0.6) is 0 Å². The van der Waals surface area contributed by atoms with Crippen molar-refractivity contribution in [3.8, 4) is 0 Å². The molecule has 0 spiro atoms. The van der Waals surface area contributed by atoms with Gasteiger partial charge in [0, 0.05) is 5.69 Å². The standard InChI is InChI=1S/C23H22N2O4/c26-21(27)13-20(17-10-5-8-14-6-1-3-9-16(14)17)25-23(29)18-12-15-7-2-4-11-19(15)24-22(18)28/h1,3,5-6,8-10,12,20H,2,4,7,11,13H2,(H,24,28)(H,25,29)(H,26,27)/t20-/m1/s1. The zero-order valence-electron chi connectivity index (χ0n) is 15.9. The number of nitrogens with one attached hydrogen (secondary N) is 2. The molecule has 4 rings (SSSR count). The van der Waals surface area contributed by atoms with E-state index < -0.39 is 23.5 Å². The number of aromatic nitrogens is 1. The molecular formula is C23H22N2O4. The van der Waals surface area contributed by atoms with Gasteiger partial charge in [0.15, 0.2) is 0 Å². The van der Waals surface area contributed by atoms with Gasteiger partial charge in [-0.1, -0.05) is 42.5 Å². The van der Waals surface area contributed by atoms with Gasteiger partial charge in [0.2, 0.25) is 0 Å². The van der Waals surface area contributed by atoms with E-state index in [1.807, 2.05) is 42.5 Å². The summed E-state index contributed by atoms with van der Waals surface area (Å²) in [5.41, 5.74) is 2.19. The van der Waals surface area contributed by atoms with Crippen LogP contribution in [-0.4, -0.2) is 22.0 Å². The number of hydrogen-bond acceptors (Lipinski definition) is 3.